The van der Waals surface area contributed by atoms with Crippen LogP contribution in [0.25, 0.3) is 10.8 Å². The lowest BCUT2D eigenvalue weighted by atomic mass is 10.1. The normalized spacial score (nSPS) is 11.9. The topological polar surface area (TPSA) is 51.7 Å². The van der Waals surface area contributed by atoms with E-state index in [0.29, 0.717) is 17.5 Å². The van der Waals surface area contributed by atoms with Gasteiger partial charge in [0.2, 0.25) is 0 Å². The van der Waals surface area contributed by atoms with Crippen molar-refractivity contribution >= 4 is 39.8 Å². The number of hydrogen-bond acceptors (Lipinski definition) is 5. The summed E-state index contributed by atoms with van der Waals surface area (Å²) < 4.78 is 10.6. The van der Waals surface area contributed by atoms with Gasteiger partial charge in [0.05, 0.1) is 6.61 Å². The molecule has 0 saturated heterocycles. The lowest BCUT2D eigenvalue weighted by Crippen LogP contribution is -2.26. The van der Waals surface area contributed by atoms with E-state index in [1.165, 1.54) is 0 Å². The van der Waals surface area contributed by atoms with Crippen LogP contribution in [0.3, 0.4) is 0 Å². The zero-order chi connectivity index (χ0) is 19.4. The fourth-order valence-electron chi connectivity index (χ4n) is 2.71. The molecule has 1 unspecified atom stereocenters. The van der Waals surface area contributed by atoms with Crippen LogP contribution in [0.1, 0.15) is 13.8 Å². The van der Waals surface area contributed by atoms with E-state index in [2.05, 4.69) is 4.98 Å². The van der Waals surface area contributed by atoms with Gasteiger partial charge in [-0.05, 0) is 49.6 Å². The predicted octanol–water partition coefficient (Wildman–Crippen LogP) is 4.99. The summed E-state index contributed by atoms with van der Waals surface area (Å²) in [5.41, 5.74) is 0.921. The van der Waals surface area contributed by atoms with Crippen LogP contribution in [-0.4, -0.2) is 30.7 Å². The molecule has 1 atom stereocenters. The van der Waals surface area contributed by atoms with Crippen LogP contribution in [0.5, 0.6) is 5.75 Å². The monoisotopic (exact) mass is 384 g/mol. The van der Waals surface area contributed by atoms with E-state index >= 15 is 0 Å². The molecule has 3 rings (SSSR count). The van der Waals surface area contributed by atoms with E-state index in [1.54, 1.807) is 13.8 Å². The Labute approximate surface area is 163 Å². The molecule has 0 N–H and O–H groups in total. The van der Waals surface area contributed by atoms with Gasteiger partial charge < -0.3 is 14.4 Å². The number of nitrogens with zero attached hydrogens (tertiary/aromatic N) is 2. The highest BCUT2D eigenvalue weighted by Crippen LogP contribution is 2.30. The molecule has 0 bridgehead atoms. The van der Waals surface area contributed by atoms with Gasteiger partial charge in [0.15, 0.2) is 6.10 Å². The Balaban J connectivity index is 1.78. The van der Waals surface area contributed by atoms with Crippen molar-refractivity contribution < 1.29 is 14.3 Å². The highest BCUT2D eigenvalue weighted by Gasteiger charge is 2.16. The quantitative estimate of drug-likeness (QED) is 0.443. The molecule has 2 aromatic carbocycles. The van der Waals surface area contributed by atoms with E-state index in [-0.39, 0.29) is 5.97 Å². The largest absolute Gasteiger partial charge is 0.479 e. The van der Waals surface area contributed by atoms with Crippen LogP contribution in [0.15, 0.2) is 54.6 Å². The van der Waals surface area contributed by atoms with Crippen molar-refractivity contribution in [3.63, 3.8) is 0 Å². The van der Waals surface area contributed by atoms with Crippen molar-refractivity contribution in [2.45, 2.75) is 20.0 Å². The summed E-state index contributed by atoms with van der Waals surface area (Å²) in [5, 5.41) is 2.42. The number of carbonyl (C=O) groups is 1. The maximum atomic E-state index is 11.7. The maximum Gasteiger partial charge on any atom is 0.347 e. The summed E-state index contributed by atoms with van der Waals surface area (Å²) >= 11 is 6.33. The van der Waals surface area contributed by atoms with Crippen LogP contribution < -0.4 is 9.64 Å². The number of anilines is 2. The second-order valence-corrected chi connectivity index (χ2v) is 6.42. The van der Waals surface area contributed by atoms with Gasteiger partial charge in [0.25, 0.3) is 0 Å². The molecule has 1 heterocycles. The number of benzene rings is 2. The van der Waals surface area contributed by atoms with Gasteiger partial charge in [-0.25, -0.2) is 9.78 Å². The lowest BCUT2D eigenvalue weighted by molar-refractivity contribution is -0.150. The van der Waals surface area contributed by atoms with Gasteiger partial charge in [-0.1, -0.05) is 35.9 Å². The molecule has 0 spiro atoms. The number of pyridine rings is 1. The van der Waals surface area contributed by atoms with E-state index in [4.69, 9.17) is 21.1 Å². The number of carbonyl (C=O) groups excluding carboxylic acids is 1. The first-order valence-electron chi connectivity index (χ1n) is 8.72. The van der Waals surface area contributed by atoms with Gasteiger partial charge in [0, 0.05) is 18.1 Å². The molecule has 6 heteroatoms. The zero-order valence-corrected chi connectivity index (χ0v) is 16.2. The van der Waals surface area contributed by atoms with E-state index < -0.39 is 6.10 Å². The van der Waals surface area contributed by atoms with Crippen molar-refractivity contribution in [2.75, 3.05) is 18.6 Å². The maximum absolute atomic E-state index is 11.7. The molecular formula is C21H21ClN2O3. The Morgan fingerprint density at radius 1 is 1.19 bits per heavy atom. The smallest absolute Gasteiger partial charge is 0.347 e. The minimum Gasteiger partial charge on any atom is -0.479 e. The molecule has 0 radical (unpaired) electrons. The molecule has 0 fully saturated rings. The van der Waals surface area contributed by atoms with Crippen LogP contribution in [-0.2, 0) is 9.53 Å². The van der Waals surface area contributed by atoms with Gasteiger partial charge in [0.1, 0.15) is 16.7 Å². The number of hydrogen-bond donors (Lipinski definition) is 0. The first-order valence-corrected chi connectivity index (χ1v) is 9.09. The summed E-state index contributed by atoms with van der Waals surface area (Å²) in [4.78, 5) is 18.1. The van der Waals surface area contributed by atoms with Crippen LogP contribution in [0.2, 0.25) is 5.15 Å². The highest BCUT2D eigenvalue weighted by molar-refractivity contribution is 6.34. The average Bonchev–Trinajstić information content (AvgIpc) is 2.68. The molecule has 140 valence electrons. The molecule has 0 aliphatic carbocycles. The summed E-state index contributed by atoms with van der Waals surface area (Å²) in [6.07, 6.45) is -0.658. The van der Waals surface area contributed by atoms with Gasteiger partial charge in [-0.3, -0.25) is 0 Å². The lowest BCUT2D eigenvalue weighted by Gasteiger charge is -2.20. The van der Waals surface area contributed by atoms with Crippen molar-refractivity contribution in [1.29, 1.82) is 0 Å². The SMILES string of the molecule is CCOC(=O)C(C)Oc1ccc(N(C)c2cc3ccccc3c(Cl)n2)cc1. The fourth-order valence-corrected chi connectivity index (χ4v) is 2.97. The minimum absolute atomic E-state index is 0.331. The van der Waals surface area contributed by atoms with Crippen molar-refractivity contribution in [1.82, 2.24) is 4.98 Å². The minimum atomic E-state index is -0.658. The number of aromatic nitrogens is 1. The van der Waals surface area contributed by atoms with Crippen molar-refractivity contribution in [3.8, 4) is 5.75 Å². The van der Waals surface area contributed by atoms with E-state index in [1.807, 2.05) is 66.5 Å². The van der Waals surface area contributed by atoms with Gasteiger partial charge in [-0.2, -0.15) is 0 Å². The summed E-state index contributed by atoms with van der Waals surface area (Å²) in [6, 6.07) is 17.3. The van der Waals surface area contributed by atoms with E-state index in [9.17, 15) is 4.79 Å². The molecule has 0 aliphatic heterocycles. The van der Waals surface area contributed by atoms with Crippen LogP contribution >= 0.6 is 11.6 Å². The summed E-state index contributed by atoms with van der Waals surface area (Å²) in [6.45, 7) is 3.76. The molecule has 27 heavy (non-hydrogen) atoms. The number of esters is 1. The average molecular weight is 385 g/mol. The Hall–Kier alpha value is -2.79. The Bertz CT molecular complexity index is 944. The first kappa shape index (κ1) is 19.0. The Morgan fingerprint density at radius 3 is 2.59 bits per heavy atom. The zero-order valence-electron chi connectivity index (χ0n) is 15.5. The Kier molecular flexibility index (Phi) is 5.81. The summed E-state index contributed by atoms with van der Waals surface area (Å²) in [7, 11) is 1.92. The third-order valence-corrected chi connectivity index (χ3v) is 4.47. The molecule has 0 aliphatic rings. The molecule has 0 amide bonds. The van der Waals surface area contributed by atoms with Gasteiger partial charge in [-0.15, -0.1) is 0 Å². The number of rotatable bonds is 6. The number of halogens is 1. The second kappa shape index (κ2) is 8.27. The highest BCUT2D eigenvalue weighted by atomic mass is 35.5. The molecule has 3 aromatic rings. The predicted molar refractivity (Wildman–Crippen MR) is 108 cm³/mol. The third-order valence-electron chi connectivity index (χ3n) is 4.18. The van der Waals surface area contributed by atoms with Gasteiger partial charge >= 0.3 is 5.97 Å². The molecular weight excluding hydrogens is 364 g/mol. The van der Waals surface area contributed by atoms with Crippen molar-refractivity contribution in [3.05, 3.63) is 59.8 Å². The molecule has 1 aromatic heterocycles. The molecule has 0 saturated carbocycles. The van der Waals surface area contributed by atoms with Crippen molar-refractivity contribution in [2.24, 2.45) is 0 Å². The van der Waals surface area contributed by atoms with Crippen LogP contribution in [0, 0.1) is 0 Å². The second-order valence-electron chi connectivity index (χ2n) is 6.06. The Morgan fingerprint density at radius 2 is 1.89 bits per heavy atom. The fraction of sp³-hybridized carbons (Fsp3) is 0.238. The third kappa shape index (κ3) is 4.31. The standard InChI is InChI=1S/C21H21ClN2O3/c1-4-26-21(25)14(2)27-17-11-9-16(10-12-17)24(3)19-13-15-7-5-6-8-18(15)20(22)23-19/h5-14H,4H2,1-3H3. The molecule has 5 nitrogen and oxygen atoms in total. The van der Waals surface area contributed by atoms with Crippen LogP contribution in [0.4, 0.5) is 11.5 Å². The first-order chi connectivity index (χ1) is 13.0. The number of ether oxygens (including phenoxy) is 2. The summed E-state index contributed by atoms with van der Waals surface area (Å²) in [5.74, 6) is 0.957. The number of fused-ring (bicyclic) bond motifs is 1. The van der Waals surface area contributed by atoms with E-state index in [0.717, 1.165) is 22.3 Å².